The van der Waals surface area contributed by atoms with Gasteiger partial charge in [-0.1, -0.05) is 60.7 Å². The normalized spacial score (nSPS) is 15.1. The van der Waals surface area contributed by atoms with Gasteiger partial charge in [0.05, 0.1) is 30.8 Å². The number of hydrogen-bond acceptors (Lipinski definition) is 5. The lowest BCUT2D eigenvalue weighted by molar-refractivity contribution is -0.136. The fourth-order valence-corrected chi connectivity index (χ4v) is 3.97. The lowest BCUT2D eigenvalue weighted by Gasteiger charge is -2.35. The molecule has 0 fully saturated rings. The van der Waals surface area contributed by atoms with Gasteiger partial charge in [0.2, 0.25) is 5.91 Å². The average molecular weight is 445 g/mol. The third-order valence-corrected chi connectivity index (χ3v) is 5.62. The molecular formula is C25H23N3O5. The number of nitrogens with one attached hydrogen (secondary N) is 1. The summed E-state index contributed by atoms with van der Waals surface area (Å²) in [4.78, 5) is 42.4. The van der Waals surface area contributed by atoms with Crippen LogP contribution in [0, 0.1) is 0 Å². The van der Waals surface area contributed by atoms with E-state index in [0.29, 0.717) is 17.8 Å². The Morgan fingerprint density at radius 1 is 1.06 bits per heavy atom. The number of amides is 2. The minimum absolute atomic E-state index is 0.0857. The van der Waals surface area contributed by atoms with Gasteiger partial charge in [0.15, 0.2) is 11.4 Å². The van der Waals surface area contributed by atoms with E-state index in [2.05, 4.69) is 10.3 Å². The highest BCUT2D eigenvalue weighted by molar-refractivity contribution is 6.03. The van der Waals surface area contributed by atoms with Crippen molar-refractivity contribution in [2.24, 2.45) is 0 Å². The van der Waals surface area contributed by atoms with Crippen LogP contribution in [0.1, 0.15) is 39.5 Å². The molecule has 2 amide bonds. The van der Waals surface area contributed by atoms with Crippen molar-refractivity contribution >= 4 is 23.5 Å². The molecule has 1 aliphatic rings. The van der Waals surface area contributed by atoms with Crippen LogP contribution in [-0.4, -0.2) is 39.5 Å². The summed E-state index contributed by atoms with van der Waals surface area (Å²) in [6.45, 7) is 0.207. The van der Waals surface area contributed by atoms with Crippen LogP contribution in [0.25, 0.3) is 0 Å². The minimum atomic E-state index is -1.04. The zero-order valence-corrected chi connectivity index (χ0v) is 17.8. The summed E-state index contributed by atoms with van der Waals surface area (Å²) in [5.41, 5.74) is 2.45. The fourth-order valence-electron chi connectivity index (χ4n) is 3.97. The molecule has 0 spiro atoms. The van der Waals surface area contributed by atoms with Gasteiger partial charge in [-0.15, -0.1) is 0 Å². The van der Waals surface area contributed by atoms with E-state index in [-0.39, 0.29) is 36.7 Å². The molecule has 8 nitrogen and oxygen atoms in total. The quantitative estimate of drug-likeness (QED) is 0.514. The summed E-state index contributed by atoms with van der Waals surface area (Å²) in [5, 5.41) is 22.2. The van der Waals surface area contributed by atoms with Gasteiger partial charge in [-0.25, -0.2) is 4.98 Å². The molecule has 1 aliphatic heterocycles. The molecule has 1 aromatic heterocycles. The number of carbonyl (C=O) groups excluding carboxylic acids is 2. The van der Waals surface area contributed by atoms with E-state index in [1.165, 1.54) is 6.20 Å². The molecule has 0 radical (unpaired) electrons. The highest BCUT2D eigenvalue weighted by Gasteiger charge is 2.37. The molecule has 3 aromatic rings. The van der Waals surface area contributed by atoms with Crippen molar-refractivity contribution in [2.75, 3.05) is 11.4 Å². The number of aromatic hydroxyl groups is 1. The fraction of sp³-hybridized carbons (Fsp3) is 0.200. The molecule has 0 saturated heterocycles. The number of aromatic nitrogens is 1. The van der Waals surface area contributed by atoms with Crippen molar-refractivity contribution in [3.63, 3.8) is 0 Å². The van der Waals surface area contributed by atoms with E-state index in [4.69, 9.17) is 5.11 Å². The zero-order valence-electron chi connectivity index (χ0n) is 17.8. The highest BCUT2D eigenvalue weighted by atomic mass is 16.4. The first-order chi connectivity index (χ1) is 16.0. The van der Waals surface area contributed by atoms with Crippen molar-refractivity contribution < 1.29 is 24.6 Å². The van der Waals surface area contributed by atoms with Gasteiger partial charge in [-0.2, -0.15) is 0 Å². The summed E-state index contributed by atoms with van der Waals surface area (Å²) >= 11 is 0. The molecule has 1 atom stereocenters. The number of rotatable bonds is 7. The number of fused-ring (bicyclic) bond motifs is 1. The van der Waals surface area contributed by atoms with Gasteiger partial charge >= 0.3 is 5.97 Å². The topological polar surface area (TPSA) is 120 Å². The Labute approximate surface area is 190 Å². The number of carboxylic acids is 1. The van der Waals surface area contributed by atoms with Gasteiger partial charge in [0, 0.05) is 12.1 Å². The number of nitrogens with zero attached hydrogens (tertiary/aromatic N) is 2. The third kappa shape index (κ3) is 4.69. The standard InChI is InChI=1S/C25H23N3O5/c29-21(30)11-12-26-24(32)22-23(31)19-13-18(17-9-5-2-6-10-17)25(33)28(20(19)14-27-22)15-16-7-3-1-4-8-16/h1-10,14,18,31H,11-13,15H2,(H,26,32)(H,29,30). The van der Waals surface area contributed by atoms with Crippen LogP contribution in [0.2, 0.25) is 0 Å². The predicted octanol–water partition coefficient (Wildman–Crippen LogP) is 2.86. The molecule has 0 saturated carbocycles. The molecule has 0 aliphatic carbocycles. The van der Waals surface area contributed by atoms with E-state index in [1.54, 1.807) is 4.90 Å². The Morgan fingerprint density at radius 2 is 1.73 bits per heavy atom. The molecule has 2 heterocycles. The Hall–Kier alpha value is -4.20. The maximum atomic E-state index is 13.5. The van der Waals surface area contributed by atoms with E-state index >= 15 is 0 Å². The van der Waals surface area contributed by atoms with Gasteiger partial charge in [-0.05, 0) is 17.5 Å². The predicted molar refractivity (Wildman–Crippen MR) is 121 cm³/mol. The van der Waals surface area contributed by atoms with E-state index < -0.39 is 17.8 Å². The van der Waals surface area contributed by atoms with Crippen LogP contribution < -0.4 is 10.2 Å². The van der Waals surface area contributed by atoms with Gasteiger partial charge in [0.25, 0.3) is 5.91 Å². The van der Waals surface area contributed by atoms with Gasteiger partial charge in [0.1, 0.15) is 0 Å². The average Bonchev–Trinajstić information content (AvgIpc) is 2.82. The SMILES string of the molecule is O=C(O)CCNC(=O)c1ncc2c(c1O)CC(c1ccccc1)C(=O)N2Cc1ccccc1. The van der Waals surface area contributed by atoms with Crippen molar-refractivity contribution in [3.8, 4) is 5.75 Å². The van der Waals surface area contributed by atoms with Crippen LogP contribution in [0.5, 0.6) is 5.75 Å². The van der Waals surface area contributed by atoms with E-state index in [9.17, 15) is 19.5 Å². The van der Waals surface area contributed by atoms with Crippen molar-refractivity contribution in [2.45, 2.75) is 25.3 Å². The molecule has 2 aromatic carbocycles. The Morgan fingerprint density at radius 3 is 2.39 bits per heavy atom. The number of hydrogen-bond donors (Lipinski definition) is 3. The van der Waals surface area contributed by atoms with E-state index in [0.717, 1.165) is 11.1 Å². The first-order valence-corrected chi connectivity index (χ1v) is 10.6. The molecule has 8 heteroatoms. The molecule has 3 N–H and O–H groups in total. The maximum absolute atomic E-state index is 13.5. The minimum Gasteiger partial charge on any atom is -0.505 e. The van der Waals surface area contributed by atoms with Crippen LogP contribution in [-0.2, 0) is 22.6 Å². The Bertz CT molecular complexity index is 1180. The molecule has 168 valence electrons. The number of carbonyl (C=O) groups is 3. The van der Waals surface area contributed by atoms with Crippen molar-refractivity contribution in [1.29, 1.82) is 0 Å². The highest BCUT2D eigenvalue weighted by Crippen LogP contribution is 2.41. The molecule has 33 heavy (non-hydrogen) atoms. The van der Waals surface area contributed by atoms with Crippen LogP contribution in [0.15, 0.2) is 66.9 Å². The summed E-state index contributed by atoms with van der Waals surface area (Å²) in [6.07, 6.45) is 1.39. The van der Waals surface area contributed by atoms with Crippen LogP contribution >= 0.6 is 0 Å². The second-order valence-corrected chi connectivity index (χ2v) is 7.80. The summed E-state index contributed by atoms with van der Waals surface area (Å²) < 4.78 is 0. The van der Waals surface area contributed by atoms with Gasteiger partial charge in [-0.3, -0.25) is 14.4 Å². The van der Waals surface area contributed by atoms with Crippen molar-refractivity contribution in [3.05, 3.63) is 89.2 Å². The first kappa shape index (κ1) is 22.0. The van der Waals surface area contributed by atoms with Crippen LogP contribution in [0.3, 0.4) is 0 Å². The number of benzene rings is 2. The molecule has 1 unspecified atom stereocenters. The lowest BCUT2D eigenvalue weighted by atomic mass is 9.86. The Balaban J connectivity index is 1.72. The Kier molecular flexibility index (Phi) is 6.35. The smallest absolute Gasteiger partial charge is 0.305 e. The monoisotopic (exact) mass is 445 g/mol. The van der Waals surface area contributed by atoms with Crippen LogP contribution in [0.4, 0.5) is 5.69 Å². The summed E-state index contributed by atoms with van der Waals surface area (Å²) in [6, 6.07) is 18.8. The summed E-state index contributed by atoms with van der Waals surface area (Å²) in [7, 11) is 0. The number of pyridine rings is 1. The molecule has 0 bridgehead atoms. The second kappa shape index (κ2) is 9.52. The first-order valence-electron chi connectivity index (χ1n) is 10.6. The molecule has 4 rings (SSSR count). The maximum Gasteiger partial charge on any atom is 0.305 e. The number of aliphatic carboxylic acids is 1. The zero-order chi connectivity index (χ0) is 23.4. The largest absolute Gasteiger partial charge is 0.505 e. The number of anilines is 1. The number of carboxylic acid groups (broad SMARTS) is 1. The second-order valence-electron chi connectivity index (χ2n) is 7.80. The lowest BCUT2D eigenvalue weighted by Crippen LogP contribution is -2.40. The van der Waals surface area contributed by atoms with E-state index in [1.807, 2.05) is 60.7 Å². The van der Waals surface area contributed by atoms with Gasteiger partial charge < -0.3 is 20.4 Å². The van der Waals surface area contributed by atoms with Crippen molar-refractivity contribution in [1.82, 2.24) is 10.3 Å². The summed E-state index contributed by atoms with van der Waals surface area (Å²) in [5.74, 6) is -2.65. The third-order valence-electron chi connectivity index (χ3n) is 5.62. The molecular weight excluding hydrogens is 422 g/mol.